The third-order valence-electron chi connectivity index (χ3n) is 3.20. The quantitative estimate of drug-likeness (QED) is 0.786. The summed E-state index contributed by atoms with van der Waals surface area (Å²) in [5.74, 6) is 0.651. The van der Waals surface area contributed by atoms with Crippen LogP contribution in [0, 0.1) is 5.92 Å². The summed E-state index contributed by atoms with van der Waals surface area (Å²) >= 11 is 5.86. The number of halogens is 1. The molecule has 0 aliphatic carbocycles. The van der Waals surface area contributed by atoms with Gasteiger partial charge in [-0.2, -0.15) is 0 Å². The van der Waals surface area contributed by atoms with E-state index in [4.69, 9.17) is 11.6 Å². The van der Waals surface area contributed by atoms with Gasteiger partial charge in [0.1, 0.15) is 11.5 Å². The Balaban J connectivity index is 2.75. The molecule has 0 spiro atoms. The van der Waals surface area contributed by atoms with E-state index >= 15 is 0 Å². The molecule has 0 heterocycles. The Morgan fingerprint density at radius 1 is 1.18 bits per heavy atom. The Kier molecular flexibility index (Phi) is 5.63. The van der Waals surface area contributed by atoms with E-state index in [2.05, 4.69) is 13.8 Å². The Morgan fingerprint density at radius 2 is 1.88 bits per heavy atom. The fourth-order valence-corrected chi connectivity index (χ4v) is 2.20. The lowest BCUT2D eigenvalue weighted by Crippen LogP contribution is -2.03. The standard InChI is InChI=1S/C14H21ClO2/c1-3-5-6-10(4-2)7-11-8-12(15)14(17)9-13(11)16/h8-10,16-17H,3-7H2,1-2H3. The van der Waals surface area contributed by atoms with E-state index < -0.39 is 0 Å². The second-order valence-electron chi connectivity index (χ2n) is 4.55. The molecule has 0 aliphatic rings. The lowest BCUT2D eigenvalue weighted by atomic mass is 9.91. The summed E-state index contributed by atoms with van der Waals surface area (Å²) in [6, 6.07) is 2.99. The second kappa shape index (κ2) is 6.75. The molecule has 0 saturated heterocycles. The van der Waals surface area contributed by atoms with Crippen molar-refractivity contribution < 1.29 is 10.2 Å². The molecule has 0 radical (unpaired) electrons. The zero-order chi connectivity index (χ0) is 12.8. The van der Waals surface area contributed by atoms with Crippen molar-refractivity contribution in [2.45, 2.75) is 46.0 Å². The lowest BCUT2D eigenvalue weighted by molar-refractivity contribution is 0.420. The number of benzene rings is 1. The molecule has 0 bridgehead atoms. The number of phenols is 2. The zero-order valence-corrected chi connectivity index (χ0v) is 11.3. The molecule has 0 aliphatic heterocycles. The minimum atomic E-state index is -0.0606. The predicted molar refractivity (Wildman–Crippen MR) is 71.8 cm³/mol. The summed E-state index contributed by atoms with van der Waals surface area (Å²) in [6.45, 7) is 4.35. The number of hydrogen-bond donors (Lipinski definition) is 2. The largest absolute Gasteiger partial charge is 0.508 e. The molecule has 1 atom stereocenters. The first-order valence-electron chi connectivity index (χ1n) is 6.28. The molecule has 1 aromatic carbocycles. The van der Waals surface area contributed by atoms with Crippen molar-refractivity contribution in [1.29, 1.82) is 0 Å². The smallest absolute Gasteiger partial charge is 0.137 e. The first-order chi connectivity index (χ1) is 8.08. The molecule has 3 heteroatoms. The van der Waals surface area contributed by atoms with Gasteiger partial charge in [0.15, 0.2) is 0 Å². The van der Waals surface area contributed by atoms with Crippen LogP contribution >= 0.6 is 11.6 Å². The van der Waals surface area contributed by atoms with Crippen LogP contribution in [-0.4, -0.2) is 10.2 Å². The minimum absolute atomic E-state index is 0.0606. The van der Waals surface area contributed by atoms with Crippen LogP contribution in [0.1, 0.15) is 45.1 Å². The summed E-state index contributed by atoms with van der Waals surface area (Å²) < 4.78 is 0. The van der Waals surface area contributed by atoms with Crippen molar-refractivity contribution in [3.63, 3.8) is 0 Å². The lowest BCUT2D eigenvalue weighted by Gasteiger charge is -2.15. The van der Waals surface area contributed by atoms with Crippen LogP contribution < -0.4 is 0 Å². The fraction of sp³-hybridized carbons (Fsp3) is 0.571. The summed E-state index contributed by atoms with van der Waals surface area (Å²) in [5.41, 5.74) is 0.829. The molecule has 0 saturated carbocycles. The zero-order valence-electron chi connectivity index (χ0n) is 10.5. The Labute approximate surface area is 108 Å². The predicted octanol–water partition coefficient (Wildman–Crippen LogP) is 4.51. The molecule has 2 nitrogen and oxygen atoms in total. The van der Waals surface area contributed by atoms with Crippen molar-refractivity contribution >= 4 is 11.6 Å². The van der Waals surface area contributed by atoms with E-state index in [0.29, 0.717) is 10.9 Å². The van der Waals surface area contributed by atoms with Gasteiger partial charge in [-0.25, -0.2) is 0 Å². The van der Waals surface area contributed by atoms with Crippen molar-refractivity contribution in [2.75, 3.05) is 0 Å². The Morgan fingerprint density at radius 3 is 2.47 bits per heavy atom. The van der Waals surface area contributed by atoms with Gasteiger partial charge in [0.2, 0.25) is 0 Å². The highest BCUT2D eigenvalue weighted by atomic mass is 35.5. The molecular weight excluding hydrogens is 236 g/mol. The van der Waals surface area contributed by atoms with Crippen molar-refractivity contribution in [1.82, 2.24) is 0 Å². The molecule has 0 fully saturated rings. The number of phenolic OH excluding ortho intramolecular Hbond substituents is 2. The number of hydrogen-bond acceptors (Lipinski definition) is 2. The van der Waals surface area contributed by atoms with Crippen LogP contribution in [0.3, 0.4) is 0 Å². The van der Waals surface area contributed by atoms with Crippen LogP contribution in [0.5, 0.6) is 11.5 Å². The van der Waals surface area contributed by atoms with E-state index in [1.54, 1.807) is 6.07 Å². The molecule has 1 aromatic rings. The second-order valence-corrected chi connectivity index (χ2v) is 4.96. The van der Waals surface area contributed by atoms with Crippen LogP contribution in [0.25, 0.3) is 0 Å². The molecule has 96 valence electrons. The summed E-state index contributed by atoms with van der Waals surface area (Å²) in [6.07, 6.45) is 5.50. The summed E-state index contributed by atoms with van der Waals surface area (Å²) in [5, 5.41) is 19.4. The van der Waals surface area contributed by atoms with E-state index in [0.717, 1.165) is 18.4 Å². The van der Waals surface area contributed by atoms with Gasteiger partial charge >= 0.3 is 0 Å². The summed E-state index contributed by atoms with van der Waals surface area (Å²) in [4.78, 5) is 0. The molecule has 0 amide bonds. The molecule has 17 heavy (non-hydrogen) atoms. The van der Waals surface area contributed by atoms with Gasteiger partial charge in [0.25, 0.3) is 0 Å². The molecule has 0 aromatic heterocycles. The molecule has 2 N–H and O–H groups in total. The van der Waals surface area contributed by atoms with E-state index in [9.17, 15) is 10.2 Å². The topological polar surface area (TPSA) is 40.5 Å². The monoisotopic (exact) mass is 256 g/mol. The van der Waals surface area contributed by atoms with Crippen LogP contribution in [0.2, 0.25) is 5.02 Å². The van der Waals surface area contributed by atoms with Gasteiger partial charge in [-0.3, -0.25) is 0 Å². The van der Waals surface area contributed by atoms with Gasteiger partial charge in [-0.15, -0.1) is 0 Å². The number of rotatable bonds is 6. The normalized spacial score (nSPS) is 12.6. The highest BCUT2D eigenvalue weighted by Crippen LogP contribution is 2.33. The first-order valence-corrected chi connectivity index (χ1v) is 6.66. The first kappa shape index (κ1) is 14.2. The van der Waals surface area contributed by atoms with Gasteiger partial charge in [0.05, 0.1) is 5.02 Å². The van der Waals surface area contributed by atoms with Gasteiger partial charge < -0.3 is 10.2 Å². The van der Waals surface area contributed by atoms with Gasteiger partial charge in [-0.1, -0.05) is 51.1 Å². The van der Waals surface area contributed by atoms with E-state index in [1.165, 1.54) is 25.3 Å². The maximum absolute atomic E-state index is 9.77. The summed E-state index contributed by atoms with van der Waals surface area (Å²) in [7, 11) is 0. The molecule has 1 unspecified atom stereocenters. The van der Waals surface area contributed by atoms with Gasteiger partial charge in [-0.05, 0) is 24.0 Å². The van der Waals surface area contributed by atoms with Crippen molar-refractivity contribution in [3.8, 4) is 11.5 Å². The van der Waals surface area contributed by atoms with E-state index in [-0.39, 0.29) is 11.5 Å². The average Bonchev–Trinajstić information content (AvgIpc) is 2.30. The average molecular weight is 257 g/mol. The Hall–Kier alpha value is -0.890. The highest BCUT2D eigenvalue weighted by molar-refractivity contribution is 6.32. The third kappa shape index (κ3) is 4.12. The Bertz CT molecular complexity index is 363. The fourth-order valence-electron chi connectivity index (χ4n) is 2.01. The van der Waals surface area contributed by atoms with Gasteiger partial charge in [0, 0.05) is 6.07 Å². The number of aromatic hydroxyl groups is 2. The molecular formula is C14H21ClO2. The van der Waals surface area contributed by atoms with Crippen LogP contribution in [-0.2, 0) is 6.42 Å². The maximum Gasteiger partial charge on any atom is 0.137 e. The van der Waals surface area contributed by atoms with E-state index in [1.807, 2.05) is 0 Å². The minimum Gasteiger partial charge on any atom is -0.508 e. The van der Waals surface area contributed by atoms with Crippen molar-refractivity contribution in [2.24, 2.45) is 5.92 Å². The third-order valence-corrected chi connectivity index (χ3v) is 3.50. The highest BCUT2D eigenvalue weighted by Gasteiger charge is 2.12. The van der Waals surface area contributed by atoms with Crippen LogP contribution in [0.4, 0.5) is 0 Å². The number of unbranched alkanes of at least 4 members (excludes halogenated alkanes) is 1. The SMILES string of the molecule is CCCCC(CC)Cc1cc(Cl)c(O)cc1O. The molecule has 1 rings (SSSR count). The maximum atomic E-state index is 9.77. The van der Waals surface area contributed by atoms with Crippen LogP contribution in [0.15, 0.2) is 12.1 Å². The van der Waals surface area contributed by atoms with Crippen molar-refractivity contribution in [3.05, 3.63) is 22.7 Å².